The Kier molecular flexibility index (Phi) is 3.89. The smallest absolute Gasteiger partial charge is 0.274 e. The van der Waals surface area contributed by atoms with Crippen LogP contribution < -0.4 is 0 Å². The molecule has 1 amide bonds. The number of amides is 1. The molecular weight excluding hydrogens is 294 g/mol. The summed E-state index contributed by atoms with van der Waals surface area (Å²) in [5.74, 6) is 0.0498. The monoisotopic (exact) mass is 319 g/mol. The Bertz CT molecular complexity index is 600. The highest BCUT2D eigenvalue weighted by atomic mass is 16.5. The number of likely N-dealkylation sites (tertiary alicyclic amines) is 1. The first-order chi connectivity index (χ1) is 11.2. The van der Waals surface area contributed by atoms with E-state index in [9.17, 15) is 4.79 Å². The Hall–Kier alpha value is -1.40. The molecule has 4 rings (SSSR count). The van der Waals surface area contributed by atoms with Crippen molar-refractivity contribution in [1.29, 1.82) is 0 Å². The first kappa shape index (κ1) is 15.1. The van der Waals surface area contributed by atoms with Gasteiger partial charge in [0.25, 0.3) is 5.91 Å². The van der Waals surface area contributed by atoms with Crippen LogP contribution in [0.3, 0.4) is 0 Å². The number of nitrogens with one attached hydrogen (secondary N) is 1. The summed E-state index contributed by atoms with van der Waals surface area (Å²) < 4.78 is 11.2. The minimum absolute atomic E-state index is 0.0498. The molecule has 1 saturated heterocycles. The number of rotatable bonds is 2. The van der Waals surface area contributed by atoms with Crippen molar-refractivity contribution in [1.82, 2.24) is 15.1 Å². The van der Waals surface area contributed by atoms with Gasteiger partial charge in [-0.15, -0.1) is 0 Å². The molecule has 1 saturated carbocycles. The molecule has 1 spiro atoms. The molecule has 3 aliphatic rings. The lowest BCUT2D eigenvalue weighted by Crippen LogP contribution is -2.50. The number of nitrogens with zero attached hydrogens (tertiary/aromatic N) is 2. The van der Waals surface area contributed by atoms with Crippen molar-refractivity contribution in [3.05, 3.63) is 17.0 Å². The molecule has 0 aromatic carbocycles. The summed E-state index contributed by atoms with van der Waals surface area (Å²) in [6.45, 7) is 2.81. The number of ether oxygens (including phenoxy) is 2. The summed E-state index contributed by atoms with van der Waals surface area (Å²) in [6, 6.07) is 0. The van der Waals surface area contributed by atoms with Gasteiger partial charge in [-0.3, -0.25) is 9.89 Å². The van der Waals surface area contributed by atoms with Crippen molar-refractivity contribution in [2.75, 3.05) is 26.8 Å². The topological polar surface area (TPSA) is 67.5 Å². The van der Waals surface area contributed by atoms with E-state index in [0.717, 1.165) is 56.5 Å². The minimum atomic E-state index is 0.0498. The third kappa shape index (κ3) is 2.48. The van der Waals surface area contributed by atoms with Crippen LogP contribution in [0.1, 0.15) is 53.8 Å². The molecule has 0 unspecified atom stereocenters. The van der Waals surface area contributed by atoms with Gasteiger partial charge >= 0.3 is 0 Å². The van der Waals surface area contributed by atoms with Crippen molar-refractivity contribution in [3.8, 4) is 0 Å². The van der Waals surface area contributed by atoms with E-state index in [-0.39, 0.29) is 17.4 Å². The zero-order valence-corrected chi connectivity index (χ0v) is 13.8. The van der Waals surface area contributed by atoms with Crippen LogP contribution in [0.4, 0.5) is 0 Å². The van der Waals surface area contributed by atoms with Gasteiger partial charge in [-0.25, -0.2) is 0 Å². The molecule has 2 fully saturated rings. The quantitative estimate of drug-likeness (QED) is 0.904. The zero-order chi connectivity index (χ0) is 15.9. The van der Waals surface area contributed by atoms with Crippen LogP contribution in [0, 0.1) is 5.41 Å². The average molecular weight is 319 g/mol. The Morgan fingerprint density at radius 3 is 3.17 bits per heavy atom. The fraction of sp³-hybridized carbons (Fsp3) is 0.765. The summed E-state index contributed by atoms with van der Waals surface area (Å²) in [7, 11) is 1.81. The third-order valence-corrected chi connectivity index (χ3v) is 5.90. The van der Waals surface area contributed by atoms with Crippen LogP contribution in [0.15, 0.2) is 0 Å². The van der Waals surface area contributed by atoms with E-state index in [0.29, 0.717) is 18.9 Å². The van der Waals surface area contributed by atoms with E-state index >= 15 is 0 Å². The van der Waals surface area contributed by atoms with E-state index in [4.69, 9.17) is 9.47 Å². The highest BCUT2D eigenvalue weighted by Crippen LogP contribution is 2.46. The van der Waals surface area contributed by atoms with Crippen LogP contribution in [-0.2, 0) is 22.5 Å². The number of hydrogen-bond acceptors (Lipinski definition) is 4. The maximum atomic E-state index is 13.0. The van der Waals surface area contributed by atoms with E-state index in [1.54, 1.807) is 7.11 Å². The SMILES string of the molecule is CO[C@@H]1CCC[C@@]12CCCN(C(=O)c1n[nH]c3c1COCC3)C2. The molecule has 1 aromatic heterocycles. The number of aromatic amines is 1. The molecule has 2 aliphatic heterocycles. The predicted octanol–water partition coefficient (Wildman–Crippen LogP) is 1.90. The maximum Gasteiger partial charge on any atom is 0.274 e. The summed E-state index contributed by atoms with van der Waals surface area (Å²) in [5, 5.41) is 7.32. The van der Waals surface area contributed by atoms with E-state index in [2.05, 4.69) is 10.2 Å². The van der Waals surface area contributed by atoms with Crippen molar-refractivity contribution < 1.29 is 14.3 Å². The predicted molar refractivity (Wildman–Crippen MR) is 84.2 cm³/mol. The van der Waals surface area contributed by atoms with E-state index < -0.39 is 0 Å². The second-order valence-electron chi connectivity index (χ2n) is 7.14. The second kappa shape index (κ2) is 5.91. The molecule has 1 aliphatic carbocycles. The average Bonchev–Trinajstić information content (AvgIpc) is 3.18. The van der Waals surface area contributed by atoms with Gasteiger partial charge in [0, 0.05) is 43.3 Å². The molecule has 0 bridgehead atoms. The van der Waals surface area contributed by atoms with Gasteiger partial charge in [-0.1, -0.05) is 6.42 Å². The second-order valence-corrected chi connectivity index (χ2v) is 7.14. The lowest BCUT2D eigenvalue weighted by atomic mass is 9.76. The molecule has 0 radical (unpaired) electrons. The fourth-order valence-electron chi connectivity index (χ4n) is 4.71. The first-order valence-corrected chi connectivity index (χ1v) is 8.69. The lowest BCUT2D eigenvalue weighted by molar-refractivity contribution is -0.0297. The first-order valence-electron chi connectivity index (χ1n) is 8.69. The number of carbonyl (C=O) groups is 1. The summed E-state index contributed by atoms with van der Waals surface area (Å²) >= 11 is 0. The Morgan fingerprint density at radius 1 is 1.43 bits per heavy atom. The van der Waals surface area contributed by atoms with E-state index in [1.165, 1.54) is 6.42 Å². The Labute approximate surface area is 136 Å². The molecule has 23 heavy (non-hydrogen) atoms. The van der Waals surface area contributed by atoms with Crippen LogP contribution >= 0.6 is 0 Å². The summed E-state index contributed by atoms with van der Waals surface area (Å²) in [5.41, 5.74) is 2.72. The summed E-state index contributed by atoms with van der Waals surface area (Å²) in [6.07, 6.45) is 6.79. The number of hydrogen-bond donors (Lipinski definition) is 1. The van der Waals surface area contributed by atoms with Gasteiger partial charge in [0.15, 0.2) is 5.69 Å². The van der Waals surface area contributed by atoms with Crippen molar-refractivity contribution in [2.24, 2.45) is 5.41 Å². The van der Waals surface area contributed by atoms with Crippen molar-refractivity contribution >= 4 is 5.91 Å². The zero-order valence-electron chi connectivity index (χ0n) is 13.8. The molecule has 126 valence electrons. The van der Waals surface area contributed by atoms with Gasteiger partial charge in [0.05, 0.1) is 19.3 Å². The third-order valence-electron chi connectivity index (χ3n) is 5.90. The number of methoxy groups -OCH3 is 1. The van der Waals surface area contributed by atoms with Crippen molar-refractivity contribution in [3.63, 3.8) is 0 Å². The molecule has 1 aromatic rings. The molecule has 2 atom stereocenters. The number of carbonyl (C=O) groups excluding carboxylic acids is 1. The van der Waals surface area contributed by atoms with Gasteiger partial charge in [-0.2, -0.15) is 5.10 Å². The standard InChI is InChI=1S/C17H25N3O3/c1-22-14-4-2-6-17(14)7-3-8-20(11-17)16(21)15-12-10-23-9-5-13(12)18-19-15/h14H,2-11H2,1H3,(H,18,19)/t14-,17+/m1/s1. The van der Waals surface area contributed by atoms with Crippen LogP contribution in [0.25, 0.3) is 0 Å². The highest BCUT2D eigenvalue weighted by molar-refractivity contribution is 5.94. The number of piperidine rings is 1. The molecule has 6 heteroatoms. The van der Waals surface area contributed by atoms with Gasteiger partial charge in [-0.05, 0) is 25.7 Å². The molecule has 1 N–H and O–H groups in total. The molecular formula is C17H25N3O3. The van der Waals surface area contributed by atoms with Crippen LogP contribution in [0.2, 0.25) is 0 Å². The van der Waals surface area contributed by atoms with Gasteiger partial charge in [0.1, 0.15) is 0 Å². The van der Waals surface area contributed by atoms with Crippen LogP contribution in [0.5, 0.6) is 0 Å². The minimum Gasteiger partial charge on any atom is -0.381 e. The lowest BCUT2D eigenvalue weighted by Gasteiger charge is -2.43. The largest absolute Gasteiger partial charge is 0.381 e. The normalized spacial score (nSPS) is 30.7. The van der Waals surface area contributed by atoms with Gasteiger partial charge in [0.2, 0.25) is 0 Å². The highest BCUT2D eigenvalue weighted by Gasteiger charge is 2.47. The van der Waals surface area contributed by atoms with Gasteiger partial charge < -0.3 is 14.4 Å². The molecule has 6 nitrogen and oxygen atoms in total. The Morgan fingerprint density at radius 2 is 2.30 bits per heavy atom. The number of fused-ring (bicyclic) bond motifs is 1. The Balaban J connectivity index is 1.56. The molecule has 3 heterocycles. The summed E-state index contributed by atoms with van der Waals surface area (Å²) in [4.78, 5) is 15.0. The van der Waals surface area contributed by atoms with Crippen LogP contribution in [-0.4, -0.2) is 53.9 Å². The number of H-pyrrole nitrogens is 1. The number of aromatic nitrogens is 2. The fourth-order valence-corrected chi connectivity index (χ4v) is 4.71. The van der Waals surface area contributed by atoms with E-state index in [1.807, 2.05) is 4.90 Å². The van der Waals surface area contributed by atoms with Crippen molar-refractivity contribution in [2.45, 2.75) is 51.2 Å². The maximum absolute atomic E-state index is 13.0.